The number of aromatic nitrogens is 4. The van der Waals surface area contributed by atoms with Gasteiger partial charge >= 0.3 is 0 Å². The summed E-state index contributed by atoms with van der Waals surface area (Å²) in [6, 6.07) is 14.3. The highest BCUT2D eigenvalue weighted by atomic mass is 35.5. The summed E-state index contributed by atoms with van der Waals surface area (Å²) in [4.78, 5) is 12.9. The fraction of sp³-hybridized carbons (Fsp3) is 0.125. The number of carbonyl (C=O) groups excluding carboxylic acids is 1. The molecule has 0 radical (unpaired) electrons. The third-order valence-corrected chi connectivity index (χ3v) is 4.99. The highest BCUT2D eigenvalue weighted by Gasteiger charge is 2.24. The smallest absolute Gasteiger partial charge is 0.242 e. The molecular formula is C16H13Cl2N5OS. The summed E-state index contributed by atoms with van der Waals surface area (Å²) in [6.07, 6.45) is 0. The first-order valence-corrected chi connectivity index (χ1v) is 8.87. The lowest BCUT2D eigenvalue weighted by Gasteiger charge is -2.16. The second-order valence-electron chi connectivity index (χ2n) is 5.14. The molecule has 0 bridgehead atoms. The summed E-state index contributed by atoms with van der Waals surface area (Å²) < 4.78 is 1.52. The van der Waals surface area contributed by atoms with Gasteiger partial charge in [-0.25, -0.2) is 4.68 Å². The number of amides is 1. The first-order valence-electron chi connectivity index (χ1n) is 7.24. The number of tetrazole rings is 1. The molecule has 1 N–H and O–H groups in total. The summed E-state index contributed by atoms with van der Waals surface area (Å²) in [5.74, 6) is -0.225. The van der Waals surface area contributed by atoms with Gasteiger partial charge in [0.15, 0.2) is 0 Å². The molecule has 6 nitrogen and oxygen atoms in total. The lowest BCUT2D eigenvalue weighted by molar-refractivity contribution is -0.115. The Hall–Kier alpha value is -2.09. The van der Waals surface area contributed by atoms with Crippen LogP contribution in [-0.2, 0) is 11.8 Å². The van der Waals surface area contributed by atoms with Crippen LogP contribution in [0.15, 0.2) is 53.7 Å². The lowest BCUT2D eigenvalue weighted by Crippen LogP contribution is -2.19. The van der Waals surface area contributed by atoms with Crippen LogP contribution in [0.1, 0.15) is 10.8 Å². The van der Waals surface area contributed by atoms with E-state index in [0.717, 1.165) is 5.56 Å². The molecule has 1 atom stereocenters. The minimum Gasteiger partial charge on any atom is -0.325 e. The number of carbonyl (C=O) groups is 1. The maximum absolute atomic E-state index is 12.9. The van der Waals surface area contributed by atoms with Crippen LogP contribution in [0, 0.1) is 0 Å². The monoisotopic (exact) mass is 393 g/mol. The third-order valence-electron chi connectivity index (χ3n) is 3.28. The van der Waals surface area contributed by atoms with Crippen molar-refractivity contribution < 1.29 is 4.79 Å². The number of aryl methyl sites for hydroxylation is 1. The maximum Gasteiger partial charge on any atom is 0.242 e. The Labute approximate surface area is 158 Å². The van der Waals surface area contributed by atoms with Crippen molar-refractivity contribution in [1.82, 2.24) is 20.2 Å². The van der Waals surface area contributed by atoms with Gasteiger partial charge in [-0.1, -0.05) is 65.3 Å². The Balaban J connectivity index is 1.88. The standard InChI is InChI=1S/C16H13Cl2N5OS/c1-23-16(20-21-22-23)25-14(10-5-3-2-4-6-10)15(24)19-13-8-11(17)7-12(18)9-13/h2-9,14H,1H3,(H,19,24)/t14-/m1/s1. The SMILES string of the molecule is Cn1nnnc1S[C@@H](C(=O)Nc1cc(Cl)cc(Cl)c1)c1ccccc1. The Morgan fingerprint density at radius 3 is 2.44 bits per heavy atom. The lowest BCUT2D eigenvalue weighted by atomic mass is 10.1. The molecule has 1 aromatic heterocycles. The molecular weight excluding hydrogens is 381 g/mol. The van der Waals surface area contributed by atoms with Crippen molar-refractivity contribution in [3.63, 3.8) is 0 Å². The molecule has 0 saturated carbocycles. The van der Waals surface area contributed by atoms with E-state index in [4.69, 9.17) is 23.2 Å². The van der Waals surface area contributed by atoms with Crippen molar-refractivity contribution in [2.24, 2.45) is 7.05 Å². The zero-order valence-electron chi connectivity index (χ0n) is 13.1. The number of halogens is 2. The highest BCUT2D eigenvalue weighted by Crippen LogP contribution is 2.35. The van der Waals surface area contributed by atoms with E-state index in [-0.39, 0.29) is 5.91 Å². The molecule has 25 heavy (non-hydrogen) atoms. The largest absolute Gasteiger partial charge is 0.325 e. The van der Waals surface area contributed by atoms with Crippen LogP contribution in [0.4, 0.5) is 5.69 Å². The fourth-order valence-electron chi connectivity index (χ4n) is 2.16. The van der Waals surface area contributed by atoms with Crippen molar-refractivity contribution in [1.29, 1.82) is 0 Å². The van der Waals surface area contributed by atoms with Gasteiger partial charge in [-0.05, 0) is 34.2 Å². The highest BCUT2D eigenvalue weighted by molar-refractivity contribution is 8.00. The minimum absolute atomic E-state index is 0.225. The van der Waals surface area contributed by atoms with Gasteiger partial charge < -0.3 is 5.32 Å². The van der Waals surface area contributed by atoms with E-state index in [0.29, 0.717) is 20.9 Å². The molecule has 0 aliphatic carbocycles. The Kier molecular flexibility index (Phi) is 5.57. The van der Waals surface area contributed by atoms with Crippen molar-refractivity contribution in [2.45, 2.75) is 10.4 Å². The normalized spacial score (nSPS) is 12.0. The zero-order chi connectivity index (χ0) is 17.8. The molecule has 128 valence electrons. The zero-order valence-corrected chi connectivity index (χ0v) is 15.4. The van der Waals surface area contributed by atoms with E-state index >= 15 is 0 Å². The summed E-state index contributed by atoms with van der Waals surface area (Å²) in [5, 5.41) is 15.1. The van der Waals surface area contributed by atoms with Crippen LogP contribution in [0.5, 0.6) is 0 Å². The van der Waals surface area contributed by atoms with Gasteiger partial charge in [0.25, 0.3) is 0 Å². The van der Waals surface area contributed by atoms with Gasteiger partial charge in [0.05, 0.1) is 0 Å². The van der Waals surface area contributed by atoms with Gasteiger partial charge in [0.2, 0.25) is 11.1 Å². The Bertz CT molecular complexity index is 867. The summed E-state index contributed by atoms with van der Waals surface area (Å²) in [6.45, 7) is 0. The minimum atomic E-state index is -0.538. The molecule has 9 heteroatoms. The average molecular weight is 394 g/mol. The second kappa shape index (κ2) is 7.86. The van der Waals surface area contributed by atoms with Crippen molar-refractivity contribution >= 4 is 46.6 Å². The maximum atomic E-state index is 12.9. The van der Waals surface area contributed by atoms with Gasteiger partial charge in [-0.3, -0.25) is 4.79 Å². The van der Waals surface area contributed by atoms with E-state index in [1.165, 1.54) is 16.4 Å². The fourth-order valence-corrected chi connectivity index (χ4v) is 3.63. The number of rotatable bonds is 5. The molecule has 2 aromatic carbocycles. The number of benzene rings is 2. The predicted molar refractivity (Wildman–Crippen MR) is 98.9 cm³/mol. The molecule has 3 aromatic rings. The van der Waals surface area contributed by atoms with Crippen LogP contribution >= 0.6 is 35.0 Å². The van der Waals surface area contributed by atoms with Gasteiger partial charge in [0, 0.05) is 22.8 Å². The molecule has 0 aliphatic heterocycles. The molecule has 1 heterocycles. The van der Waals surface area contributed by atoms with Gasteiger partial charge in [-0.2, -0.15) is 0 Å². The van der Waals surface area contributed by atoms with Crippen molar-refractivity contribution in [3.05, 3.63) is 64.1 Å². The van der Waals surface area contributed by atoms with Crippen molar-refractivity contribution in [2.75, 3.05) is 5.32 Å². The van der Waals surface area contributed by atoms with Crippen LogP contribution in [0.2, 0.25) is 10.0 Å². The van der Waals surface area contributed by atoms with Crippen LogP contribution in [-0.4, -0.2) is 26.1 Å². The third kappa shape index (κ3) is 4.50. The van der Waals surface area contributed by atoms with Crippen LogP contribution in [0.3, 0.4) is 0 Å². The molecule has 0 unspecified atom stereocenters. The second-order valence-corrected chi connectivity index (χ2v) is 7.09. The predicted octanol–water partition coefficient (Wildman–Crippen LogP) is 3.99. The average Bonchev–Trinajstić information content (AvgIpc) is 2.97. The van der Waals surface area contributed by atoms with Crippen LogP contribution in [0.25, 0.3) is 0 Å². The molecule has 0 aliphatic rings. The quantitative estimate of drug-likeness (QED) is 0.663. The Morgan fingerprint density at radius 1 is 1.16 bits per heavy atom. The van der Waals surface area contributed by atoms with Gasteiger partial charge in [0.1, 0.15) is 5.25 Å². The van der Waals surface area contributed by atoms with E-state index in [2.05, 4.69) is 20.8 Å². The van der Waals surface area contributed by atoms with Crippen molar-refractivity contribution in [3.8, 4) is 0 Å². The number of nitrogens with one attached hydrogen (secondary N) is 1. The first-order chi connectivity index (χ1) is 12.0. The van der Waals surface area contributed by atoms with Gasteiger partial charge in [-0.15, -0.1) is 5.10 Å². The topological polar surface area (TPSA) is 72.7 Å². The van der Waals surface area contributed by atoms with E-state index in [9.17, 15) is 4.79 Å². The van der Waals surface area contributed by atoms with E-state index in [1.54, 1.807) is 25.2 Å². The number of anilines is 1. The number of hydrogen-bond acceptors (Lipinski definition) is 5. The van der Waals surface area contributed by atoms with E-state index < -0.39 is 5.25 Å². The van der Waals surface area contributed by atoms with E-state index in [1.807, 2.05) is 30.3 Å². The molecule has 0 spiro atoms. The molecule has 3 rings (SSSR count). The first kappa shape index (κ1) is 17.7. The number of thioether (sulfide) groups is 1. The number of nitrogens with zero attached hydrogens (tertiary/aromatic N) is 4. The number of hydrogen-bond donors (Lipinski definition) is 1. The summed E-state index contributed by atoms with van der Waals surface area (Å²) >= 11 is 13.3. The summed E-state index contributed by atoms with van der Waals surface area (Å²) in [7, 11) is 1.72. The Morgan fingerprint density at radius 2 is 1.84 bits per heavy atom. The molecule has 1 amide bonds. The van der Waals surface area contributed by atoms with Crippen LogP contribution < -0.4 is 5.32 Å². The summed E-state index contributed by atoms with van der Waals surface area (Å²) in [5.41, 5.74) is 1.36. The molecule has 0 fully saturated rings. The molecule has 0 saturated heterocycles.